The molecule has 0 unspecified atom stereocenters. The minimum absolute atomic E-state index is 0.616. The molecule has 1 rings (SSSR count). The summed E-state index contributed by atoms with van der Waals surface area (Å²) in [5, 5.41) is 0. The van der Waals surface area contributed by atoms with Crippen LogP contribution in [-0.4, -0.2) is 37.7 Å². The number of aryl methyl sites for hydroxylation is 1. The lowest BCUT2D eigenvalue weighted by Gasteiger charge is -2.23. The number of aromatic nitrogens is 1. The number of methoxy groups -OCH3 is 1. The Morgan fingerprint density at radius 1 is 1.47 bits per heavy atom. The van der Waals surface area contributed by atoms with Gasteiger partial charge in [0.25, 0.3) is 0 Å². The van der Waals surface area contributed by atoms with Gasteiger partial charge in [0.1, 0.15) is 0 Å². The third-order valence-electron chi connectivity index (χ3n) is 2.17. The Morgan fingerprint density at radius 3 is 2.87 bits per heavy atom. The molecule has 4 heteroatoms. The molecular weight excluding hydrogens is 212 g/mol. The van der Waals surface area contributed by atoms with Crippen LogP contribution in [0, 0.1) is 6.92 Å². The first kappa shape index (κ1) is 12.3. The van der Waals surface area contributed by atoms with Crippen molar-refractivity contribution in [1.82, 2.24) is 4.98 Å². The number of anilines is 1. The summed E-state index contributed by atoms with van der Waals surface area (Å²) in [5.74, 6) is 0.616. The van der Waals surface area contributed by atoms with Crippen LogP contribution in [0.25, 0.3) is 0 Å². The first-order valence-electron chi connectivity index (χ1n) is 5.00. The van der Waals surface area contributed by atoms with Crippen molar-refractivity contribution in [2.45, 2.75) is 6.92 Å². The molecule has 0 saturated carbocycles. The van der Waals surface area contributed by atoms with Gasteiger partial charge in [0.05, 0.1) is 6.61 Å². The number of rotatable bonds is 6. The molecule has 0 amide bonds. The van der Waals surface area contributed by atoms with E-state index in [0.717, 1.165) is 24.5 Å². The molecule has 0 spiro atoms. The molecule has 0 aliphatic rings. The van der Waals surface area contributed by atoms with E-state index in [1.54, 1.807) is 7.11 Å². The second kappa shape index (κ2) is 6.64. The monoisotopic (exact) mass is 228 g/mol. The molecule has 1 aromatic heterocycles. The molecule has 1 aromatic rings. The van der Waals surface area contributed by atoms with Crippen molar-refractivity contribution < 1.29 is 4.74 Å². The van der Waals surface area contributed by atoms with E-state index < -0.39 is 0 Å². The van der Waals surface area contributed by atoms with Crippen LogP contribution in [0.2, 0.25) is 0 Å². The average Bonchev–Trinajstić information content (AvgIpc) is 2.24. The highest BCUT2D eigenvalue weighted by Gasteiger charge is 2.05. The Balaban J connectivity index is 2.69. The molecule has 0 fully saturated rings. The van der Waals surface area contributed by atoms with Gasteiger partial charge in [0.15, 0.2) is 0 Å². The highest BCUT2D eigenvalue weighted by Crippen LogP contribution is 2.13. The topological polar surface area (TPSA) is 25.4 Å². The van der Waals surface area contributed by atoms with Crippen molar-refractivity contribution in [2.75, 3.05) is 37.6 Å². The van der Waals surface area contributed by atoms with Crippen LogP contribution < -0.4 is 4.90 Å². The number of nitrogens with zero attached hydrogens (tertiary/aromatic N) is 2. The van der Waals surface area contributed by atoms with Gasteiger partial charge in [-0.1, -0.05) is 0 Å². The summed E-state index contributed by atoms with van der Waals surface area (Å²) < 4.78 is 5.07. The van der Waals surface area contributed by atoms with Gasteiger partial charge in [-0.3, -0.25) is 4.98 Å². The summed E-state index contributed by atoms with van der Waals surface area (Å²) in [7, 11) is 1.71. The molecule has 1 heterocycles. The molecule has 0 aliphatic carbocycles. The van der Waals surface area contributed by atoms with Crippen LogP contribution >= 0.6 is 11.6 Å². The Labute approximate surface area is 96.0 Å². The van der Waals surface area contributed by atoms with Crippen LogP contribution in [0.15, 0.2) is 18.3 Å². The van der Waals surface area contributed by atoms with Crippen LogP contribution in [0.4, 0.5) is 5.69 Å². The lowest BCUT2D eigenvalue weighted by molar-refractivity contribution is 0.205. The number of pyridine rings is 1. The van der Waals surface area contributed by atoms with Crippen molar-refractivity contribution in [3.8, 4) is 0 Å². The van der Waals surface area contributed by atoms with Gasteiger partial charge in [-0.25, -0.2) is 0 Å². The molecular formula is C11H17ClN2O. The van der Waals surface area contributed by atoms with Crippen LogP contribution in [0.5, 0.6) is 0 Å². The van der Waals surface area contributed by atoms with E-state index in [4.69, 9.17) is 16.3 Å². The first-order chi connectivity index (χ1) is 7.27. The zero-order valence-electron chi connectivity index (χ0n) is 9.24. The maximum absolute atomic E-state index is 5.77. The van der Waals surface area contributed by atoms with Gasteiger partial charge < -0.3 is 9.64 Å². The largest absolute Gasteiger partial charge is 0.383 e. The summed E-state index contributed by atoms with van der Waals surface area (Å²) in [6.07, 6.45) is 1.82. The summed E-state index contributed by atoms with van der Waals surface area (Å²) in [6, 6.07) is 4.05. The maximum atomic E-state index is 5.77. The average molecular weight is 229 g/mol. The van der Waals surface area contributed by atoms with Crippen molar-refractivity contribution >= 4 is 17.3 Å². The van der Waals surface area contributed by atoms with Gasteiger partial charge >= 0.3 is 0 Å². The van der Waals surface area contributed by atoms with Crippen LogP contribution in [0.1, 0.15) is 5.69 Å². The van der Waals surface area contributed by atoms with Crippen LogP contribution in [-0.2, 0) is 4.74 Å². The van der Waals surface area contributed by atoms with Crippen LogP contribution in [0.3, 0.4) is 0 Å². The van der Waals surface area contributed by atoms with E-state index in [1.807, 2.05) is 19.2 Å². The number of ether oxygens (including phenoxy) is 1. The standard InChI is InChI=1S/C11H17ClN2O/c1-10-9-11(3-5-13-10)14(6-4-12)7-8-15-2/h3,5,9H,4,6-8H2,1-2H3. The Hall–Kier alpha value is -0.800. The number of hydrogen-bond donors (Lipinski definition) is 0. The predicted molar refractivity (Wildman–Crippen MR) is 63.8 cm³/mol. The number of halogens is 1. The molecule has 0 saturated heterocycles. The molecule has 0 bridgehead atoms. The van der Waals surface area contributed by atoms with E-state index in [-0.39, 0.29) is 0 Å². The molecule has 0 radical (unpaired) electrons. The molecule has 0 atom stereocenters. The van der Waals surface area contributed by atoms with Crippen molar-refractivity contribution in [2.24, 2.45) is 0 Å². The van der Waals surface area contributed by atoms with E-state index >= 15 is 0 Å². The first-order valence-corrected chi connectivity index (χ1v) is 5.54. The van der Waals surface area contributed by atoms with Gasteiger partial charge in [-0.2, -0.15) is 0 Å². The Kier molecular flexibility index (Phi) is 5.43. The highest BCUT2D eigenvalue weighted by molar-refractivity contribution is 6.18. The van der Waals surface area contributed by atoms with E-state index in [2.05, 4.69) is 16.0 Å². The molecule has 0 N–H and O–H groups in total. The number of hydrogen-bond acceptors (Lipinski definition) is 3. The van der Waals surface area contributed by atoms with Gasteiger partial charge in [0.2, 0.25) is 0 Å². The van der Waals surface area contributed by atoms with Gasteiger partial charge in [-0.15, -0.1) is 11.6 Å². The fraction of sp³-hybridized carbons (Fsp3) is 0.545. The second-order valence-electron chi connectivity index (χ2n) is 3.32. The summed E-state index contributed by atoms with van der Waals surface area (Å²) >= 11 is 5.77. The lowest BCUT2D eigenvalue weighted by Crippen LogP contribution is -2.29. The summed E-state index contributed by atoms with van der Waals surface area (Å²) in [4.78, 5) is 6.37. The van der Waals surface area contributed by atoms with E-state index in [9.17, 15) is 0 Å². The highest BCUT2D eigenvalue weighted by atomic mass is 35.5. The Morgan fingerprint density at radius 2 is 2.27 bits per heavy atom. The second-order valence-corrected chi connectivity index (χ2v) is 3.70. The molecule has 0 aliphatic heterocycles. The van der Waals surface area contributed by atoms with Crippen molar-refractivity contribution in [1.29, 1.82) is 0 Å². The van der Waals surface area contributed by atoms with Crippen molar-refractivity contribution in [3.63, 3.8) is 0 Å². The predicted octanol–water partition coefficient (Wildman–Crippen LogP) is 2.08. The minimum Gasteiger partial charge on any atom is -0.383 e. The fourth-order valence-electron chi connectivity index (χ4n) is 1.40. The van der Waals surface area contributed by atoms with E-state index in [0.29, 0.717) is 12.5 Å². The fourth-order valence-corrected chi connectivity index (χ4v) is 1.60. The molecule has 15 heavy (non-hydrogen) atoms. The van der Waals surface area contributed by atoms with Crippen molar-refractivity contribution in [3.05, 3.63) is 24.0 Å². The summed E-state index contributed by atoms with van der Waals surface area (Å²) in [6.45, 7) is 4.37. The third-order valence-corrected chi connectivity index (χ3v) is 2.33. The molecule has 84 valence electrons. The lowest BCUT2D eigenvalue weighted by atomic mass is 10.3. The molecule has 3 nitrogen and oxygen atoms in total. The Bertz CT molecular complexity index is 294. The quantitative estimate of drug-likeness (QED) is 0.698. The molecule has 0 aromatic carbocycles. The zero-order valence-corrected chi connectivity index (χ0v) is 10.00. The smallest absolute Gasteiger partial charge is 0.0637 e. The van der Waals surface area contributed by atoms with E-state index in [1.165, 1.54) is 0 Å². The zero-order chi connectivity index (χ0) is 11.1. The number of alkyl halides is 1. The maximum Gasteiger partial charge on any atom is 0.0637 e. The van der Waals surface area contributed by atoms with Gasteiger partial charge in [-0.05, 0) is 19.1 Å². The summed E-state index contributed by atoms with van der Waals surface area (Å²) in [5.41, 5.74) is 2.17. The normalized spacial score (nSPS) is 10.3. The SMILES string of the molecule is COCCN(CCCl)c1ccnc(C)c1. The van der Waals surface area contributed by atoms with Gasteiger partial charge in [0, 0.05) is 43.7 Å². The third kappa shape index (κ3) is 4.06. The minimum atomic E-state index is 0.616.